The summed E-state index contributed by atoms with van der Waals surface area (Å²) in [5, 5.41) is 8.84. The molecule has 0 aliphatic heterocycles. The minimum Gasteiger partial charge on any atom is -0.466 e. The molecule has 13 aromatic rings. The highest BCUT2D eigenvalue weighted by atomic mass is 16.5. The standard InChI is InChI=1S/C58H36N2O4/c1-3-61-41-20-26-57-49(33-41)47-31-39(18-24-55(47)63-57)59-51-14-7-5-12-43(51)45-29-37(16-22-53(45)59)35-10-9-11-36(28-35)38-17-23-54-46(30-38)44-13-6-8-15-52(44)60(54)40-19-25-56-48(32-40)50-34-42(62-4-2)21-27-58(50)64-56/h3-34H,1-2H2. The van der Waals surface area contributed by atoms with Gasteiger partial charge in [-0.2, -0.15) is 0 Å². The van der Waals surface area contributed by atoms with Gasteiger partial charge in [-0.3, -0.25) is 0 Å². The van der Waals surface area contributed by atoms with E-state index in [0.29, 0.717) is 0 Å². The minimum absolute atomic E-state index is 0.723. The highest BCUT2D eigenvalue weighted by molar-refractivity contribution is 6.13. The Hall–Kier alpha value is -8.74. The van der Waals surface area contributed by atoms with Gasteiger partial charge in [0, 0.05) is 54.5 Å². The maximum absolute atomic E-state index is 6.23. The molecule has 302 valence electrons. The van der Waals surface area contributed by atoms with Crippen LogP contribution in [-0.4, -0.2) is 9.13 Å². The van der Waals surface area contributed by atoms with Crippen molar-refractivity contribution in [3.63, 3.8) is 0 Å². The summed E-state index contributed by atoms with van der Waals surface area (Å²) in [7, 11) is 0. The lowest BCUT2D eigenvalue weighted by atomic mass is 9.97. The van der Waals surface area contributed by atoms with Crippen LogP contribution in [0.1, 0.15) is 0 Å². The lowest BCUT2D eigenvalue weighted by Crippen LogP contribution is -1.93. The molecule has 0 N–H and O–H groups in total. The molecule has 0 saturated heterocycles. The summed E-state index contributed by atoms with van der Waals surface area (Å²) in [4.78, 5) is 0. The maximum atomic E-state index is 6.23. The number of para-hydroxylation sites is 2. The number of hydrogen-bond acceptors (Lipinski definition) is 4. The number of benzene rings is 9. The van der Waals surface area contributed by atoms with Crippen molar-refractivity contribution in [2.24, 2.45) is 0 Å². The second kappa shape index (κ2) is 13.9. The van der Waals surface area contributed by atoms with E-state index in [2.05, 4.69) is 168 Å². The minimum atomic E-state index is 0.723. The first-order valence-corrected chi connectivity index (χ1v) is 21.3. The molecule has 4 aromatic heterocycles. The number of rotatable bonds is 8. The van der Waals surface area contributed by atoms with Crippen molar-refractivity contribution < 1.29 is 18.3 Å². The van der Waals surface area contributed by atoms with Crippen LogP contribution >= 0.6 is 0 Å². The molecular formula is C58H36N2O4. The Kier molecular flexibility index (Phi) is 7.81. The maximum Gasteiger partial charge on any atom is 0.135 e. The van der Waals surface area contributed by atoms with Crippen molar-refractivity contribution in [3.8, 4) is 45.1 Å². The SMILES string of the molecule is C=COc1ccc2oc3ccc(-n4c5ccccc5c5cc(-c6cccc(-c7ccc8c(c7)c7ccccc7n8-c7ccc8oc9ccc(OC=C)cc9c8c7)c6)ccc54)cc3c2c1. The first-order valence-electron chi connectivity index (χ1n) is 21.3. The van der Waals surface area contributed by atoms with Crippen molar-refractivity contribution in [2.75, 3.05) is 0 Å². The van der Waals surface area contributed by atoms with E-state index in [1.807, 2.05) is 36.4 Å². The van der Waals surface area contributed by atoms with E-state index in [0.717, 1.165) is 111 Å². The van der Waals surface area contributed by atoms with Gasteiger partial charge >= 0.3 is 0 Å². The summed E-state index contributed by atoms with van der Waals surface area (Å²) in [6.07, 6.45) is 2.89. The second-order valence-corrected chi connectivity index (χ2v) is 16.2. The number of furan rings is 2. The zero-order chi connectivity index (χ0) is 42.5. The van der Waals surface area contributed by atoms with Crippen LogP contribution in [0.15, 0.2) is 217 Å². The fraction of sp³-hybridized carbons (Fsp3) is 0. The zero-order valence-electron chi connectivity index (χ0n) is 34.4. The molecule has 0 saturated carbocycles. The molecule has 0 aliphatic carbocycles. The third kappa shape index (κ3) is 5.46. The first-order chi connectivity index (χ1) is 31.6. The quantitative estimate of drug-likeness (QED) is 0.143. The van der Waals surface area contributed by atoms with Gasteiger partial charge in [0.2, 0.25) is 0 Å². The predicted molar refractivity (Wildman–Crippen MR) is 262 cm³/mol. The summed E-state index contributed by atoms with van der Waals surface area (Å²) >= 11 is 0. The van der Waals surface area contributed by atoms with Gasteiger partial charge in [-0.15, -0.1) is 0 Å². The van der Waals surface area contributed by atoms with E-state index in [1.165, 1.54) is 34.1 Å². The Labute approximate surface area is 366 Å². The topological polar surface area (TPSA) is 54.6 Å². The normalized spacial score (nSPS) is 11.9. The van der Waals surface area contributed by atoms with Crippen LogP contribution in [-0.2, 0) is 0 Å². The highest BCUT2D eigenvalue weighted by Crippen LogP contribution is 2.41. The van der Waals surface area contributed by atoms with Gasteiger partial charge in [0.15, 0.2) is 0 Å². The van der Waals surface area contributed by atoms with E-state index >= 15 is 0 Å². The van der Waals surface area contributed by atoms with Gasteiger partial charge < -0.3 is 27.4 Å². The lowest BCUT2D eigenvalue weighted by Gasteiger charge is -2.10. The predicted octanol–water partition coefficient (Wildman–Crippen LogP) is 16.1. The molecule has 0 bridgehead atoms. The van der Waals surface area contributed by atoms with Gasteiger partial charge in [-0.05, 0) is 138 Å². The molecule has 13 rings (SSSR count). The van der Waals surface area contributed by atoms with Crippen LogP contribution in [0, 0.1) is 0 Å². The van der Waals surface area contributed by atoms with E-state index < -0.39 is 0 Å². The number of ether oxygens (including phenoxy) is 2. The summed E-state index contributed by atoms with van der Waals surface area (Å²) in [6, 6.07) is 64.4. The number of nitrogens with zero attached hydrogens (tertiary/aromatic N) is 2. The molecule has 0 amide bonds. The molecule has 0 unspecified atom stereocenters. The van der Waals surface area contributed by atoms with Gasteiger partial charge in [0.1, 0.15) is 33.8 Å². The van der Waals surface area contributed by atoms with Crippen LogP contribution in [0.3, 0.4) is 0 Å². The van der Waals surface area contributed by atoms with E-state index in [4.69, 9.17) is 18.3 Å². The van der Waals surface area contributed by atoms with Crippen molar-refractivity contribution in [3.05, 3.63) is 208 Å². The molecule has 0 aliphatic rings. The number of fused-ring (bicyclic) bond motifs is 12. The number of hydrogen-bond donors (Lipinski definition) is 0. The van der Waals surface area contributed by atoms with Crippen molar-refractivity contribution >= 4 is 87.5 Å². The molecule has 0 spiro atoms. The van der Waals surface area contributed by atoms with Gasteiger partial charge in [-0.25, -0.2) is 0 Å². The van der Waals surface area contributed by atoms with Crippen LogP contribution in [0.25, 0.3) is 121 Å². The van der Waals surface area contributed by atoms with Crippen molar-refractivity contribution in [1.29, 1.82) is 0 Å². The Bertz CT molecular complexity index is 3820. The second-order valence-electron chi connectivity index (χ2n) is 16.2. The van der Waals surface area contributed by atoms with Crippen LogP contribution in [0.4, 0.5) is 0 Å². The average Bonchev–Trinajstić information content (AvgIpc) is 4.08. The molecule has 0 radical (unpaired) electrons. The third-order valence-corrected chi connectivity index (χ3v) is 12.7. The van der Waals surface area contributed by atoms with Crippen LogP contribution in [0.5, 0.6) is 11.5 Å². The Morgan fingerprint density at radius 3 is 1.20 bits per heavy atom. The monoisotopic (exact) mass is 824 g/mol. The van der Waals surface area contributed by atoms with Gasteiger partial charge in [0.05, 0.1) is 34.6 Å². The van der Waals surface area contributed by atoms with E-state index in [9.17, 15) is 0 Å². The Morgan fingerprint density at radius 1 is 0.328 bits per heavy atom. The lowest BCUT2D eigenvalue weighted by molar-refractivity contribution is 0.484. The first kappa shape index (κ1) is 36.0. The zero-order valence-corrected chi connectivity index (χ0v) is 34.4. The number of aromatic nitrogens is 2. The molecule has 4 heterocycles. The fourth-order valence-electron chi connectivity index (χ4n) is 9.85. The summed E-state index contributed by atoms with van der Waals surface area (Å²) in [5.41, 5.74) is 14.6. The molecule has 64 heavy (non-hydrogen) atoms. The molecule has 0 atom stereocenters. The van der Waals surface area contributed by atoms with Gasteiger partial charge in [0.25, 0.3) is 0 Å². The van der Waals surface area contributed by atoms with Crippen LogP contribution in [0.2, 0.25) is 0 Å². The van der Waals surface area contributed by atoms with E-state index in [-0.39, 0.29) is 0 Å². The summed E-state index contributed by atoms with van der Waals surface area (Å²) < 4.78 is 28.4. The highest BCUT2D eigenvalue weighted by Gasteiger charge is 2.18. The largest absolute Gasteiger partial charge is 0.466 e. The van der Waals surface area contributed by atoms with Crippen molar-refractivity contribution in [2.45, 2.75) is 0 Å². The van der Waals surface area contributed by atoms with Gasteiger partial charge in [-0.1, -0.05) is 79.9 Å². The average molecular weight is 825 g/mol. The Balaban J connectivity index is 0.901. The fourth-order valence-corrected chi connectivity index (χ4v) is 9.85. The molecular weight excluding hydrogens is 789 g/mol. The molecule has 0 fully saturated rings. The molecule has 6 heteroatoms. The van der Waals surface area contributed by atoms with E-state index in [1.54, 1.807) is 0 Å². The third-order valence-electron chi connectivity index (χ3n) is 12.7. The molecule has 9 aromatic carbocycles. The van der Waals surface area contributed by atoms with Crippen LogP contribution < -0.4 is 9.47 Å². The van der Waals surface area contributed by atoms with Crippen molar-refractivity contribution in [1.82, 2.24) is 9.13 Å². The summed E-state index contributed by atoms with van der Waals surface area (Å²) in [5.74, 6) is 1.45. The summed E-state index contributed by atoms with van der Waals surface area (Å²) in [6.45, 7) is 7.45. The molecule has 6 nitrogen and oxygen atoms in total. The Morgan fingerprint density at radius 2 is 0.734 bits per heavy atom. The smallest absolute Gasteiger partial charge is 0.135 e.